The van der Waals surface area contributed by atoms with Crippen LogP contribution >= 0.6 is 0 Å². The molecule has 2 rings (SSSR count). The number of hydrogen-bond donors (Lipinski definition) is 1. The van der Waals surface area contributed by atoms with Crippen molar-refractivity contribution in [1.29, 1.82) is 0 Å². The molecule has 0 unspecified atom stereocenters. The summed E-state index contributed by atoms with van der Waals surface area (Å²) in [7, 11) is 0. The number of oxazole rings is 1. The Morgan fingerprint density at radius 3 is 2.76 bits per heavy atom. The summed E-state index contributed by atoms with van der Waals surface area (Å²) < 4.78 is 5.14. The number of rotatable bonds is 4. The third-order valence-corrected chi connectivity index (χ3v) is 1.94. The Bertz CT molecular complexity index is 520. The number of carbonyl (C=O) groups is 2. The first-order valence-electron chi connectivity index (χ1n) is 4.72. The number of carbonyl (C=O) groups excluding carboxylic acids is 2. The van der Waals surface area contributed by atoms with E-state index in [1.54, 1.807) is 0 Å². The highest BCUT2D eigenvalue weighted by Gasteiger charge is 2.11. The van der Waals surface area contributed by atoms with Crippen molar-refractivity contribution in [2.75, 3.05) is 0 Å². The molecule has 0 aliphatic carbocycles. The Morgan fingerprint density at radius 2 is 2.24 bits per heavy atom. The average molecular weight is 235 g/mol. The highest BCUT2D eigenvalue weighted by atomic mass is 16.4. The van der Waals surface area contributed by atoms with Crippen LogP contribution in [0.1, 0.15) is 33.9 Å². The lowest BCUT2D eigenvalue weighted by atomic mass is 10.5. The van der Waals surface area contributed by atoms with Crippen molar-refractivity contribution in [2.45, 2.75) is 13.5 Å². The van der Waals surface area contributed by atoms with E-state index in [9.17, 15) is 9.59 Å². The van der Waals surface area contributed by atoms with Crippen molar-refractivity contribution in [2.24, 2.45) is 5.73 Å². The van der Waals surface area contributed by atoms with Crippen LogP contribution in [0.5, 0.6) is 0 Å². The van der Waals surface area contributed by atoms with Crippen LogP contribution in [0.2, 0.25) is 0 Å². The van der Waals surface area contributed by atoms with E-state index in [1.807, 2.05) is 0 Å². The average Bonchev–Trinajstić information content (AvgIpc) is 2.87. The molecule has 2 heterocycles. The largest absolute Gasteiger partial charge is 0.437 e. The molecule has 88 valence electrons. The molecule has 0 saturated carbocycles. The van der Waals surface area contributed by atoms with Gasteiger partial charge in [0.1, 0.15) is 12.3 Å². The van der Waals surface area contributed by atoms with Crippen LogP contribution in [-0.2, 0) is 6.54 Å². The SMILES string of the molecule is CC(=O)c1ncc(Cn2ncc(C(N)=O)n2)o1. The van der Waals surface area contributed by atoms with Gasteiger partial charge in [-0.2, -0.15) is 9.90 Å². The molecule has 2 aromatic heterocycles. The van der Waals surface area contributed by atoms with E-state index in [1.165, 1.54) is 24.1 Å². The molecule has 0 bridgehead atoms. The number of nitrogens with zero attached hydrogens (tertiary/aromatic N) is 4. The quantitative estimate of drug-likeness (QED) is 0.721. The summed E-state index contributed by atoms with van der Waals surface area (Å²) in [5.74, 6) is -0.468. The molecule has 0 spiro atoms. The summed E-state index contributed by atoms with van der Waals surface area (Å²) in [5.41, 5.74) is 5.10. The molecular weight excluding hydrogens is 226 g/mol. The smallest absolute Gasteiger partial charge is 0.270 e. The van der Waals surface area contributed by atoms with Crippen molar-refractivity contribution < 1.29 is 14.0 Å². The van der Waals surface area contributed by atoms with Crippen LogP contribution in [-0.4, -0.2) is 31.7 Å². The molecule has 0 aliphatic rings. The van der Waals surface area contributed by atoms with Gasteiger partial charge in [0.05, 0.1) is 12.4 Å². The number of Topliss-reactive ketones (excluding diaryl/α,β-unsaturated/α-hetero) is 1. The number of amides is 1. The maximum atomic E-state index is 10.9. The molecule has 8 nitrogen and oxygen atoms in total. The van der Waals surface area contributed by atoms with Gasteiger partial charge in [0.2, 0.25) is 5.78 Å². The van der Waals surface area contributed by atoms with Gasteiger partial charge in [0.25, 0.3) is 11.8 Å². The van der Waals surface area contributed by atoms with Gasteiger partial charge in [-0.15, -0.1) is 5.10 Å². The fourth-order valence-electron chi connectivity index (χ4n) is 1.17. The highest BCUT2D eigenvalue weighted by Crippen LogP contribution is 2.05. The Hall–Kier alpha value is -2.51. The lowest BCUT2D eigenvalue weighted by Crippen LogP contribution is -2.12. The highest BCUT2D eigenvalue weighted by molar-refractivity contribution is 5.90. The fraction of sp³-hybridized carbons (Fsp3) is 0.222. The molecular formula is C9H9N5O3. The topological polar surface area (TPSA) is 117 Å². The minimum absolute atomic E-state index is 0.0299. The van der Waals surface area contributed by atoms with Crippen LogP contribution in [0, 0.1) is 0 Å². The van der Waals surface area contributed by atoms with E-state index in [0.29, 0.717) is 5.76 Å². The molecule has 2 aromatic rings. The van der Waals surface area contributed by atoms with Gasteiger partial charge in [0, 0.05) is 6.92 Å². The summed E-state index contributed by atoms with van der Waals surface area (Å²) >= 11 is 0. The first-order valence-corrected chi connectivity index (χ1v) is 4.72. The number of nitrogens with two attached hydrogens (primary N) is 1. The lowest BCUT2D eigenvalue weighted by molar-refractivity contribution is 0.0976. The molecule has 2 N–H and O–H groups in total. The number of primary amides is 1. The van der Waals surface area contributed by atoms with Gasteiger partial charge in [0.15, 0.2) is 5.69 Å². The van der Waals surface area contributed by atoms with Crippen LogP contribution < -0.4 is 5.73 Å². The van der Waals surface area contributed by atoms with Crippen molar-refractivity contribution in [3.63, 3.8) is 0 Å². The molecule has 17 heavy (non-hydrogen) atoms. The van der Waals surface area contributed by atoms with Crippen LogP contribution in [0.15, 0.2) is 16.8 Å². The summed E-state index contributed by atoms with van der Waals surface area (Å²) in [6.45, 7) is 1.53. The minimum atomic E-state index is -0.654. The zero-order valence-corrected chi connectivity index (χ0v) is 8.95. The number of aromatic nitrogens is 4. The zero-order valence-electron chi connectivity index (χ0n) is 8.95. The standard InChI is InChI=1S/C9H9N5O3/c1-5(15)9-11-2-6(17-9)4-14-12-3-7(13-14)8(10)16/h2-3H,4H2,1H3,(H2,10,16). The van der Waals surface area contributed by atoms with E-state index in [4.69, 9.17) is 10.2 Å². The predicted molar refractivity (Wildman–Crippen MR) is 54.1 cm³/mol. The number of ketones is 1. The molecule has 0 radical (unpaired) electrons. The van der Waals surface area contributed by atoms with Gasteiger partial charge >= 0.3 is 0 Å². The van der Waals surface area contributed by atoms with Gasteiger partial charge < -0.3 is 10.2 Å². The maximum absolute atomic E-state index is 10.9. The van der Waals surface area contributed by atoms with Crippen molar-refractivity contribution in [3.8, 4) is 0 Å². The van der Waals surface area contributed by atoms with Crippen LogP contribution in [0.3, 0.4) is 0 Å². The normalized spacial score (nSPS) is 10.4. The molecule has 1 amide bonds. The monoisotopic (exact) mass is 235 g/mol. The van der Waals surface area contributed by atoms with Crippen molar-refractivity contribution in [1.82, 2.24) is 20.0 Å². The predicted octanol–water partition coefficient (Wildman–Crippen LogP) is -0.384. The van der Waals surface area contributed by atoms with Gasteiger partial charge in [-0.25, -0.2) is 4.98 Å². The lowest BCUT2D eigenvalue weighted by Gasteiger charge is -1.94. The summed E-state index contributed by atoms with van der Waals surface area (Å²) in [5, 5.41) is 7.64. The molecule has 0 aromatic carbocycles. The van der Waals surface area contributed by atoms with Gasteiger partial charge in [-0.1, -0.05) is 0 Å². The maximum Gasteiger partial charge on any atom is 0.270 e. The van der Waals surface area contributed by atoms with E-state index in [0.717, 1.165) is 0 Å². The first kappa shape index (κ1) is 11.0. The summed E-state index contributed by atoms with van der Waals surface area (Å²) in [6.07, 6.45) is 2.66. The third-order valence-electron chi connectivity index (χ3n) is 1.94. The minimum Gasteiger partial charge on any atom is -0.437 e. The molecule has 0 atom stereocenters. The molecule has 8 heteroatoms. The van der Waals surface area contributed by atoms with E-state index < -0.39 is 5.91 Å². The second kappa shape index (κ2) is 4.16. The van der Waals surface area contributed by atoms with E-state index in [2.05, 4.69) is 15.2 Å². The van der Waals surface area contributed by atoms with Crippen LogP contribution in [0.4, 0.5) is 0 Å². The molecule has 0 saturated heterocycles. The second-order valence-corrected chi connectivity index (χ2v) is 3.31. The Morgan fingerprint density at radius 1 is 1.47 bits per heavy atom. The van der Waals surface area contributed by atoms with Gasteiger partial charge in [-0.05, 0) is 0 Å². The second-order valence-electron chi connectivity index (χ2n) is 3.31. The Labute approximate surface area is 95.4 Å². The zero-order chi connectivity index (χ0) is 12.4. The molecule has 0 aliphatic heterocycles. The van der Waals surface area contributed by atoms with E-state index >= 15 is 0 Å². The molecule has 0 fully saturated rings. The Kier molecular flexibility index (Phi) is 2.69. The number of hydrogen-bond acceptors (Lipinski definition) is 6. The summed E-state index contributed by atoms with van der Waals surface area (Å²) in [4.78, 5) is 26.7. The van der Waals surface area contributed by atoms with Gasteiger partial charge in [-0.3, -0.25) is 9.59 Å². The van der Waals surface area contributed by atoms with Crippen molar-refractivity contribution >= 4 is 11.7 Å². The van der Waals surface area contributed by atoms with Crippen molar-refractivity contribution in [3.05, 3.63) is 29.7 Å². The fourth-order valence-corrected chi connectivity index (χ4v) is 1.17. The summed E-state index contributed by atoms with van der Waals surface area (Å²) in [6, 6.07) is 0. The first-order chi connectivity index (χ1) is 8.06. The van der Waals surface area contributed by atoms with E-state index in [-0.39, 0.29) is 23.9 Å². The van der Waals surface area contributed by atoms with Crippen LogP contribution in [0.25, 0.3) is 0 Å². The Balaban J connectivity index is 2.13. The third kappa shape index (κ3) is 2.36.